The molecule has 3 aromatic rings. The molecule has 0 radical (unpaired) electrons. The minimum absolute atomic E-state index is 0.0125. The quantitative estimate of drug-likeness (QED) is 0.403. The van der Waals surface area contributed by atoms with E-state index in [4.69, 9.17) is 15.0 Å². The maximum atomic E-state index is 11.4. The summed E-state index contributed by atoms with van der Waals surface area (Å²) in [6.45, 7) is -0.246. The summed E-state index contributed by atoms with van der Waals surface area (Å²) in [5.41, 5.74) is 2.08. The van der Waals surface area contributed by atoms with Crippen molar-refractivity contribution in [1.29, 1.82) is 0 Å². The van der Waals surface area contributed by atoms with Crippen molar-refractivity contribution in [1.82, 2.24) is 9.97 Å². The third-order valence-corrected chi connectivity index (χ3v) is 5.12. The lowest BCUT2D eigenvalue weighted by Crippen LogP contribution is -2.12. The molecule has 10 nitrogen and oxygen atoms in total. The van der Waals surface area contributed by atoms with Crippen molar-refractivity contribution in [3.63, 3.8) is 0 Å². The second kappa shape index (κ2) is 8.95. The third-order valence-electron chi connectivity index (χ3n) is 4.19. The topological polar surface area (TPSA) is 159 Å². The fraction of sp³-hybridized carbons (Fsp3) is 0.158. The van der Waals surface area contributed by atoms with Crippen LogP contribution in [0.5, 0.6) is 5.88 Å². The average Bonchev–Trinajstić information content (AvgIpc) is 2.72. The first-order valence-electron chi connectivity index (χ1n) is 8.73. The van der Waals surface area contributed by atoms with Crippen LogP contribution < -0.4 is 9.88 Å². The highest BCUT2D eigenvalue weighted by atomic mass is 32.2. The van der Waals surface area contributed by atoms with Crippen molar-refractivity contribution in [2.75, 3.05) is 13.2 Å². The van der Waals surface area contributed by atoms with Crippen molar-refractivity contribution in [2.45, 2.75) is 11.3 Å². The van der Waals surface area contributed by atoms with Gasteiger partial charge in [0.15, 0.2) is 0 Å². The SMILES string of the molecule is NS(=O)(=O)c1ccc(Cc2ncnc(OCCO)c2-c2cccc([N+](=O)[O-])c2)cc1. The summed E-state index contributed by atoms with van der Waals surface area (Å²) in [4.78, 5) is 19.1. The average molecular weight is 430 g/mol. The number of hydrogen-bond donors (Lipinski definition) is 2. The Kier molecular flexibility index (Phi) is 6.35. The standard InChI is InChI=1S/C19H18N4O6S/c20-30(27,28)16-6-4-13(5-7-16)10-17-18(19(22-12-21-17)29-9-8-24)14-2-1-3-15(11-14)23(25)26/h1-7,11-12,24H,8-10H2,(H2,20,27,28). The Balaban J connectivity index is 2.06. The lowest BCUT2D eigenvalue weighted by atomic mass is 10.00. The maximum Gasteiger partial charge on any atom is 0.270 e. The Labute approximate surface area is 172 Å². The normalized spacial score (nSPS) is 11.3. The van der Waals surface area contributed by atoms with E-state index in [9.17, 15) is 18.5 Å². The molecular weight excluding hydrogens is 412 g/mol. The van der Waals surface area contributed by atoms with E-state index in [2.05, 4.69) is 9.97 Å². The third kappa shape index (κ3) is 4.95. The van der Waals surface area contributed by atoms with E-state index in [1.165, 1.54) is 30.6 Å². The molecule has 0 bridgehead atoms. The van der Waals surface area contributed by atoms with E-state index >= 15 is 0 Å². The number of nitrogens with zero attached hydrogens (tertiary/aromatic N) is 3. The van der Waals surface area contributed by atoms with Crippen molar-refractivity contribution in [2.24, 2.45) is 5.14 Å². The number of aliphatic hydroxyl groups excluding tert-OH is 1. The summed E-state index contributed by atoms with van der Waals surface area (Å²) in [6, 6.07) is 12.0. The van der Waals surface area contributed by atoms with Gasteiger partial charge in [0.25, 0.3) is 5.69 Å². The van der Waals surface area contributed by atoms with Gasteiger partial charge in [0.1, 0.15) is 12.9 Å². The van der Waals surface area contributed by atoms with Crippen LogP contribution in [0.25, 0.3) is 11.1 Å². The van der Waals surface area contributed by atoms with Crippen LogP contribution in [-0.2, 0) is 16.4 Å². The zero-order valence-electron chi connectivity index (χ0n) is 15.6. The summed E-state index contributed by atoms with van der Waals surface area (Å²) >= 11 is 0. The molecule has 30 heavy (non-hydrogen) atoms. The van der Waals surface area contributed by atoms with Gasteiger partial charge in [-0.15, -0.1) is 0 Å². The maximum absolute atomic E-state index is 11.4. The molecule has 0 unspecified atom stereocenters. The molecular formula is C19H18N4O6S. The highest BCUT2D eigenvalue weighted by Gasteiger charge is 2.18. The van der Waals surface area contributed by atoms with Crippen LogP contribution in [0, 0.1) is 10.1 Å². The number of sulfonamides is 1. The van der Waals surface area contributed by atoms with Gasteiger partial charge in [-0.1, -0.05) is 24.3 Å². The number of non-ortho nitro benzene ring substituents is 1. The Hall–Kier alpha value is -3.41. The van der Waals surface area contributed by atoms with Gasteiger partial charge in [0, 0.05) is 18.6 Å². The fourth-order valence-electron chi connectivity index (χ4n) is 2.84. The van der Waals surface area contributed by atoms with E-state index in [0.29, 0.717) is 16.8 Å². The largest absolute Gasteiger partial charge is 0.475 e. The molecule has 156 valence electrons. The van der Waals surface area contributed by atoms with Crippen molar-refractivity contribution < 1.29 is 23.2 Å². The monoisotopic (exact) mass is 430 g/mol. The fourth-order valence-corrected chi connectivity index (χ4v) is 3.36. The molecule has 0 aliphatic rings. The van der Waals surface area contributed by atoms with E-state index < -0.39 is 14.9 Å². The molecule has 3 rings (SSSR count). The van der Waals surface area contributed by atoms with Gasteiger partial charge in [-0.2, -0.15) is 0 Å². The first-order valence-corrected chi connectivity index (χ1v) is 10.3. The smallest absolute Gasteiger partial charge is 0.270 e. The molecule has 2 aromatic carbocycles. The number of nitro groups is 1. The highest BCUT2D eigenvalue weighted by Crippen LogP contribution is 2.33. The van der Waals surface area contributed by atoms with Gasteiger partial charge in [-0.25, -0.2) is 23.5 Å². The van der Waals surface area contributed by atoms with Crippen LogP contribution in [0.2, 0.25) is 0 Å². The number of primary sulfonamides is 1. The molecule has 0 aliphatic heterocycles. The van der Waals surface area contributed by atoms with E-state index in [-0.39, 0.29) is 36.1 Å². The number of nitro benzene ring substituents is 1. The Morgan fingerprint density at radius 2 is 1.87 bits per heavy atom. The lowest BCUT2D eigenvalue weighted by Gasteiger charge is -2.14. The van der Waals surface area contributed by atoms with E-state index in [1.54, 1.807) is 24.3 Å². The van der Waals surface area contributed by atoms with Gasteiger partial charge >= 0.3 is 0 Å². The first-order chi connectivity index (χ1) is 14.3. The van der Waals surface area contributed by atoms with Gasteiger partial charge in [0.2, 0.25) is 15.9 Å². The molecule has 0 saturated heterocycles. The first kappa shape index (κ1) is 21.3. The number of aromatic nitrogens is 2. The number of rotatable bonds is 8. The number of benzene rings is 2. The molecule has 0 aliphatic carbocycles. The Morgan fingerprint density at radius 1 is 1.13 bits per heavy atom. The molecule has 1 aromatic heterocycles. The summed E-state index contributed by atoms with van der Waals surface area (Å²) in [5.74, 6) is 0.177. The van der Waals surface area contributed by atoms with Gasteiger partial charge in [0.05, 0.1) is 27.7 Å². The van der Waals surface area contributed by atoms with Crippen LogP contribution in [-0.4, -0.2) is 41.6 Å². The number of aliphatic hydroxyl groups is 1. The predicted octanol–water partition coefficient (Wildman–Crippen LogP) is 1.66. The molecule has 0 atom stereocenters. The second-order valence-electron chi connectivity index (χ2n) is 6.25. The molecule has 1 heterocycles. The van der Waals surface area contributed by atoms with Gasteiger partial charge in [-0.3, -0.25) is 10.1 Å². The van der Waals surface area contributed by atoms with Crippen LogP contribution in [0.3, 0.4) is 0 Å². The van der Waals surface area contributed by atoms with Crippen LogP contribution >= 0.6 is 0 Å². The van der Waals surface area contributed by atoms with E-state index in [0.717, 1.165) is 5.56 Å². The van der Waals surface area contributed by atoms with Crippen molar-refractivity contribution >= 4 is 15.7 Å². The van der Waals surface area contributed by atoms with Crippen molar-refractivity contribution in [3.8, 4) is 17.0 Å². The van der Waals surface area contributed by atoms with Gasteiger partial charge in [-0.05, 0) is 23.3 Å². The lowest BCUT2D eigenvalue weighted by molar-refractivity contribution is -0.384. The minimum atomic E-state index is -3.81. The zero-order chi connectivity index (χ0) is 21.7. The van der Waals surface area contributed by atoms with Gasteiger partial charge < -0.3 is 9.84 Å². The summed E-state index contributed by atoms with van der Waals surface area (Å²) < 4.78 is 28.4. The van der Waals surface area contributed by atoms with Crippen LogP contribution in [0.4, 0.5) is 5.69 Å². The molecule has 0 fully saturated rings. The van der Waals surface area contributed by atoms with Crippen molar-refractivity contribution in [3.05, 3.63) is 76.2 Å². The van der Waals surface area contributed by atoms with Crippen LogP contribution in [0.1, 0.15) is 11.3 Å². The Morgan fingerprint density at radius 3 is 2.50 bits per heavy atom. The number of nitrogens with two attached hydrogens (primary N) is 1. The second-order valence-corrected chi connectivity index (χ2v) is 7.81. The number of ether oxygens (including phenoxy) is 1. The number of hydrogen-bond acceptors (Lipinski definition) is 8. The molecule has 0 spiro atoms. The Bertz CT molecular complexity index is 1170. The van der Waals surface area contributed by atoms with Crippen LogP contribution in [0.15, 0.2) is 59.8 Å². The van der Waals surface area contributed by atoms with E-state index in [1.807, 2.05) is 0 Å². The summed E-state index contributed by atoms with van der Waals surface area (Å²) in [5, 5.41) is 25.4. The zero-order valence-corrected chi connectivity index (χ0v) is 16.4. The molecule has 3 N–H and O–H groups in total. The molecule has 11 heteroatoms. The summed E-state index contributed by atoms with van der Waals surface area (Å²) in [7, 11) is -3.81. The minimum Gasteiger partial charge on any atom is -0.475 e. The highest BCUT2D eigenvalue weighted by molar-refractivity contribution is 7.89. The molecule has 0 saturated carbocycles. The predicted molar refractivity (Wildman–Crippen MR) is 107 cm³/mol. The molecule has 0 amide bonds. The summed E-state index contributed by atoms with van der Waals surface area (Å²) in [6.07, 6.45) is 1.57.